The molecule has 0 aliphatic rings. The van der Waals surface area contributed by atoms with E-state index in [1.807, 2.05) is 35.8 Å². The number of para-hydroxylation sites is 2. The summed E-state index contributed by atoms with van der Waals surface area (Å²) in [5.41, 5.74) is 1.85. The molecule has 1 aromatic carbocycles. The lowest BCUT2D eigenvalue weighted by atomic mass is 10.2. The Hall–Kier alpha value is -2.17. The van der Waals surface area contributed by atoms with Crippen molar-refractivity contribution in [1.29, 1.82) is 0 Å². The first-order chi connectivity index (χ1) is 10.2. The SMILES string of the molecule is CCOC(=O)CCC(=O)Cn1c(CC)nc2ccccc21. The first-order valence-electron chi connectivity index (χ1n) is 7.27. The maximum absolute atomic E-state index is 12.1. The number of aryl methyl sites for hydroxylation is 1. The fourth-order valence-electron chi connectivity index (χ4n) is 2.30. The lowest BCUT2D eigenvalue weighted by Crippen LogP contribution is -2.14. The third-order valence-electron chi connectivity index (χ3n) is 3.30. The second-order valence-corrected chi connectivity index (χ2v) is 4.80. The molecule has 0 radical (unpaired) electrons. The van der Waals surface area contributed by atoms with Gasteiger partial charge in [0.15, 0.2) is 5.78 Å². The van der Waals surface area contributed by atoms with E-state index in [2.05, 4.69) is 4.98 Å². The molecule has 5 nitrogen and oxygen atoms in total. The normalized spacial score (nSPS) is 10.8. The van der Waals surface area contributed by atoms with E-state index in [-0.39, 0.29) is 31.1 Å². The largest absolute Gasteiger partial charge is 0.466 e. The number of Topliss-reactive ketones (excluding diaryl/α,β-unsaturated/α-hetero) is 1. The molecule has 1 heterocycles. The van der Waals surface area contributed by atoms with Crippen LogP contribution in [-0.2, 0) is 27.3 Å². The quantitative estimate of drug-likeness (QED) is 0.734. The molecule has 5 heteroatoms. The third-order valence-corrected chi connectivity index (χ3v) is 3.30. The average Bonchev–Trinajstić information content (AvgIpc) is 2.83. The van der Waals surface area contributed by atoms with Crippen molar-refractivity contribution in [2.75, 3.05) is 6.61 Å². The van der Waals surface area contributed by atoms with E-state index in [9.17, 15) is 9.59 Å². The lowest BCUT2D eigenvalue weighted by Gasteiger charge is -2.07. The van der Waals surface area contributed by atoms with Crippen molar-refractivity contribution in [2.24, 2.45) is 0 Å². The van der Waals surface area contributed by atoms with Crippen LogP contribution in [0.1, 0.15) is 32.5 Å². The van der Waals surface area contributed by atoms with Crippen LogP contribution in [0.5, 0.6) is 0 Å². The maximum atomic E-state index is 12.1. The fraction of sp³-hybridized carbons (Fsp3) is 0.438. The van der Waals surface area contributed by atoms with Crippen molar-refractivity contribution in [3.05, 3.63) is 30.1 Å². The molecule has 0 amide bonds. The maximum Gasteiger partial charge on any atom is 0.306 e. The Kier molecular flexibility index (Phi) is 5.09. The summed E-state index contributed by atoms with van der Waals surface area (Å²) >= 11 is 0. The van der Waals surface area contributed by atoms with Gasteiger partial charge in [0.2, 0.25) is 0 Å². The molecule has 2 rings (SSSR count). The van der Waals surface area contributed by atoms with Crippen molar-refractivity contribution in [2.45, 2.75) is 39.7 Å². The number of hydrogen-bond donors (Lipinski definition) is 0. The van der Waals surface area contributed by atoms with Gasteiger partial charge in [-0.15, -0.1) is 0 Å². The van der Waals surface area contributed by atoms with Crippen LogP contribution in [0.15, 0.2) is 24.3 Å². The molecule has 0 bridgehead atoms. The second kappa shape index (κ2) is 7.02. The van der Waals surface area contributed by atoms with Crippen LogP contribution >= 0.6 is 0 Å². The van der Waals surface area contributed by atoms with Crippen LogP contribution in [0, 0.1) is 0 Å². The van der Waals surface area contributed by atoms with Gasteiger partial charge in [-0.1, -0.05) is 19.1 Å². The van der Waals surface area contributed by atoms with E-state index in [0.717, 1.165) is 23.3 Å². The monoisotopic (exact) mass is 288 g/mol. The number of carbonyl (C=O) groups is 2. The van der Waals surface area contributed by atoms with Crippen LogP contribution in [0.2, 0.25) is 0 Å². The number of fused-ring (bicyclic) bond motifs is 1. The molecule has 0 aliphatic heterocycles. The highest BCUT2D eigenvalue weighted by molar-refractivity contribution is 5.85. The van der Waals surface area contributed by atoms with Gasteiger partial charge >= 0.3 is 5.97 Å². The first-order valence-corrected chi connectivity index (χ1v) is 7.27. The number of rotatable bonds is 7. The van der Waals surface area contributed by atoms with Crippen LogP contribution in [0.25, 0.3) is 11.0 Å². The van der Waals surface area contributed by atoms with Gasteiger partial charge in [0.1, 0.15) is 5.82 Å². The van der Waals surface area contributed by atoms with E-state index in [1.54, 1.807) is 6.92 Å². The molecule has 0 N–H and O–H groups in total. The van der Waals surface area contributed by atoms with E-state index >= 15 is 0 Å². The van der Waals surface area contributed by atoms with Gasteiger partial charge in [0.25, 0.3) is 0 Å². The topological polar surface area (TPSA) is 61.2 Å². The number of imidazole rings is 1. The molecule has 112 valence electrons. The van der Waals surface area contributed by atoms with Gasteiger partial charge in [0, 0.05) is 12.8 Å². The molecule has 0 saturated carbocycles. The van der Waals surface area contributed by atoms with Gasteiger partial charge in [-0.2, -0.15) is 0 Å². The summed E-state index contributed by atoms with van der Waals surface area (Å²) in [7, 11) is 0. The predicted octanol–water partition coefficient (Wildman–Crippen LogP) is 2.51. The zero-order valence-electron chi connectivity index (χ0n) is 12.5. The smallest absolute Gasteiger partial charge is 0.306 e. The Morgan fingerprint density at radius 3 is 2.67 bits per heavy atom. The van der Waals surface area contributed by atoms with Gasteiger partial charge in [-0.05, 0) is 19.1 Å². The van der Waals surface area contributed by atoms with E-state index in [0.29, 0.717) is 6.61 Å². The molecule has 0 fully saturated rings. The highest BCUT2D eigenvalue weighted by atomic mass is 16.5. The molecular formula is C16H20N2O3. The first kappa shape index (κ1) is 15.2. The number of hydrogen-bond acceptors (Lipinski definition) is 4. The van der Waals surface area contributed by atoms with Gasteiger partial charge in [0.05, 0.1) is 30.6 Å². The molecule has 0 spiro atoms. The summed E-state index contributed by atoms with van der Waals surface area (Å²) in [4.78, 5) is 27.9. The Labute approximate surface area is 123 Å². The van der Waals surface area contributed by atoms with E-state index in [1.165, 1.54) is 0 Å². The number of carbonyl (C=O) groups excluding carboxylic acids is 2. The summed E-state index contributed by atoms with van der Waals surface area (Å²) < 4.78 is 6.77. The Bertz CT molecular complexity index is 646. The zero-order chi connectivity index (χ0) is 15.2. The molecule has 21 heavy (non-hydrogen) atoms. The molecule has 2 aromatic rings. The average molecular weight is 288 g/mol. The van der Waals surface area contributed by atoms with Crippen molar-refractivity contribution >= 4 is 22.8 Å². The highest BCUT2D eigenvalue weighted by Crippen LogP contribution is 2.16. The van der Waals surface area contributed by atoms with E-state index in [4.69, 9.17) is 4.74 Å². The predicted molar refractivity (Wildman–Crippen MR) is 80.0 cm³/mol. The minimum atomic E-state index is -0.322. The third kappa shape index (κ3) is 3.68. The molecule has 0 aliphatic carbocycles. The summed E-state index contributed by atoms with van der Waals surface area (Å²) in [6, 6.07) is 7.76. The van der Waals surface area contributed by atoms with Crippen LogP contribution in [0.4, 0.5) is 0 Å². The fourth-order valence-corrected chi connectivity index (χ4v) is 2.30. The summed E-state index contributed by atoms with van der Waals surface area (Å²) in [6.45, 7) is 4.37. The van der Waals surface area contributed by atoms with Crippen molar-refractivity contribution in [3.8, 4) is 0 Å². The minimum Gasteiger partial charge on any atom is -0.466 e. The number of ketones is 1. The Morgan fingerprint density at radius 2 is 1.95 bits per heavy atom. The van der Waals surface area contributed by atoms with E-state index < -0.39 is 0 Å². The van der Waals surface area contributed by atoms with Crippen LogP contribution in [0.3, 0.4) is 0 Å². The number of aromatic nitrogens is 2. The lowest BCUT2D eigenvalue weighted by molar-refractivity contribution is -0.144. The highest BCUT2D eigenvalue weighted by Gasteiger charge is 2.13. The molecule has 0 saturated heterocycles. The number of benzene rings is 1. The van der Waals surface area contributed by atoms with Crippen molar-refractivity contribution in [3.63, 3.8) is 0 Å². The van der Waals surface area contributed by atoms with Gasteiger partial charge in [-0.3, -0.25) is 9.59 Å². The minimum absolute atomic E-state index is 0.0147. The summed E-state index contributed by atoms with van der Waals surface area (Å²) in [6.07, 6.45) is 1.11. The number of esters is 1. The van der Waals surface area contributed by atoms with Crippen LogP contribution < -0.4 is 0 Å². The second-order valence-electron chi connectivity index (χ2n) is 4.80. The van der Waals surface area contributed by atoms with Crippen molar-refractivity contribution < 1.29 is 14.3 Å². The summed E-state index contributed by atoms with van der Waals surface area (Å²) in [5, 5.41) is 0. The molecular weight excluding hydrogens is 268 g/mol. The standard InChI is InChI=1S/C16H20N2O3/c1-3-15-17-13-7-5-6-8-14(13)18(15)11-12(19)9-10-16(20)21-4-2/h5-8H,3-4,9-11H2,1-2H3. The number of nitrogens with zero attached hydrogens (tertiary/aromatic N) is 2. The van der Waals surface area contributed by atoms with Gasteiger partial charge < -0.3 is 9.30 Å². The van der Waals surface area contributed by atoms with Crippen molar-refractivity contribution in [1.82, 2.24) is 9.55 Å². The summed E-state index contributed by atoms with van der Waals surface area (Å²) in [5.74, 6) is 0.582. The molecule has 0 atom stereocenters. The zero-order valence-corrected chi connectivity index (χ0v) is 12.5. The Morgan fingerprint density at radius 1 is 1.19 bits per heavy atom. The van der Waals surface area contributed by atoms with Gasteiger partial charge in [-0.25, -0.2) is 4.98 Å². The Balaban J connectivity index is 2.08. The molecule has 1 aromatic heterocycles. The molecule has 0 unspecified atom stereocenters. The van der Waals surface area contributed by atoms with Crippen LogP contribution in [-0.4, -0.2) is 27.9 Å². The number of ether oxygens (including phenoxy) is 1.